The molecule has 4 heteroatoms. The van der Waals surface area contributed by atoms with Crippen LogP contribution in [0, 0.1) is 0 Å². The molecular weight excluding hydrogens is 272 g/mol. The zero-order valence-electron chi connectivity index (χ0n) is 12.6. The van der Waals surface area contributed by atoms with E-state index in [1.54, 1.807) is 0 Å². The summed E-state index contributed by atoms with van der Waals surface area (Å²) in [7, 11) is 0. The van der Waals surface area contributed by atoms with Gasteiger partial charge in [0.2, 0.25) is 0 Å². The predicted molar refractivity (Wildman–Crippen MR) is 87.0 cm³/mol. The molecule has 0 saturated heterocycles. The molecule has 0 radical (unpaired) electrons. The van der Waals surface area contributed by atoms with Crippen molar-refractivity contribution in [2.45, 2.75) is 52.0 Å². The van der Waals surface area contributed by atoms with Crippen LogP contribution in [-0.4, -0.2) is 18.0 Å². The van der Waals surface area contributed by atoms with E-state index in [2.05, 4.69) is 31.4 Å². The number of amides is 1. The molecule has 1 aromatic carbocycles. The van der Waals surface area contributed by atoms with Crippen molar-refractivity contribution in [3.63, 3.8) is 0 Å². The summed E-state index contributed by atoms with van der Waals surface area (Å²) in [6.45, 7) is 7.39. The van der Waals surface area contributed by atoms with E-state index in [9.17, 15) is 4.79 Å². The van der Waals surface area contributed by atoms with Crippen LogP contribution < -0.4 is 10.6 Å². The van der Waals surface area contributed by atoms with Crippen molar-refractivity contribution in [2.24, 2.45) is 0 Å². The Labute approximate surface area is 127 Å². The molecule has 0 aromatic heterocycles. The molecule has 1 aliphatic heterocycles. The van der Waals surface area contributed by atoms with E-state index >= 15 is 0 Å². The van der Waals surface area contributed by atoms with Gasteiger partial charge in [-0.25, -0.2) is 0 Å². The lowest BCUT2D eigenvalue weighted by atomic mass is 9.89. The third-order valence-electron chi connectivity index (χ3n) is 4.49. The first-order valence-corrected chi connectivity index (χ1v) is 7.33. The number of halogens is 1. The largest absolute Gasteiger partial charge is 0.384 e. The molecule has 2 rings (SSSR count). The summed E-state index contributed by atoms with van der Waals surface area (Å²) < 4.78 is 0. The lowest BCUT2D eigenvalue weighted by Crippen LogP contribution is -2.47. The summed E-state index contributed by atoms with van der Waals surface area (Å²) in [5, 5.41) is 6.54. The smallest absolute Gasteiger partial charge is 0.251 e. The van der Waals surface area contributed by atoms with Crippen LogP contribution in [0.4, 0.5) is 5.69 Å². The van der Waals surface area contributed by atoms with Crippen molar-refractivity contribution in [3.8, 4) is 0 Å². The van der Waals surface area contributed by atoms with Crippen molar-refractivity contribution in [1.29, 1.82) is 0 Å². The maximum Gasteiger partial charge on any atom is 0.251 e. The van der Waals surface area contributed by atoms with E-state index in [4.69, 9.17) is 0 Å². The second-order valence-electron chi connectivity index (χ2n) is 5.34. The van der Waals surface area contributed by atoms with Crippen LogP contribution in [0.25, 0.3) is 0 Å². The van der Waals surface area contributed by atoms with Gasteiger partial charge >= 0.3 is 0 Å². The van der Waals surface area contributed by atoms with Crippen molar-refractivity contribution >= 4 is 24.0 Å². The second kappa shape index (κ2) is 6.98. The standard InChI is InChI=1S/C16H24N2O.ClH/c1-4-16(5-2,6-3)18-15(19)13-7-8-14-12(11-13)9-10-17-14;/h7-8,11,17H,4-6,9-10H2,1-3H3,(H,18,19);1H. The van der Waals surface area contributed by atoms with Crippen LogP contribution in [0.3, 0.4) is 0 Å². The fourth-order valence-electron chi connectivity index (χ4n) is 2.77. The van der Waals surface area contributed by atoms with E-state index < -0.39 is 0 Å². The third-order valence-corrected chi connectivity index (χ3v) is 4.49. The molecule has 0 bridgehead atoms. The van der Waals surface area contributed by atoms with E-state index in [0.717, 1.165) is 37.8 Å². The zero-order chi connectivity index (χ0) is 13.9. The van der Waals surface area contributed by atoms with Crippen molar-refractivity contribution in [2.75, 3.05) is 11.9 Å². The van der Waals surface area contributed by atoms with Gasteiger partial charge in [0.15, 0.2) is 0 Å². The van der Waals surface area contributed by atoms with Crippen LogP contribution in [0.1, 0.15) is 56.0 Å². The summed E-state index contributed by atoms with van der Waals surface area (Å²) in [6, 6.07) is 5.96. The van der Waals surface area contributed by atoms with Crippen LogP contribution in [0.5, 0.6) is 0 Å². The van der Waals surface area contributed by atoms with Gasteiger partial charge in [0.1, 0.15) is 0 Å². The molecule has 1 aromatic rings. The molecule has 3 nitrogen and oxygen atoms in total. The van der Waals surface area contributed by atoms with Gasteiger partial charge in [0.25, 0.3) is 5.91 Å². The number of carbonyl (C=O) groups excluding carboxylic acids is 1. The molecule has 0 atom stereocenters. The van der Waals surface area contributed by atoms with E-state index in [1.165, 1.54) is 11.3 Å². The first-order valence-electron chi connectivity index (χ1n) is 7.33. The highest BCUT2D eigenvalue weighted by Crippen LogP contribution is 2.24. The summed E-state index contributed by atoms with van der Waals surface area (Å²) in [5.41, 5.74) is 3.14. The van der Waals surface area contributed by atoms with E-state index in [-0.39, 0.29) is 23.9 Å². The molecule has 0 fully saturated rings. The van der Waals surface area contributed by atoms with Gasteiger partial charge in [0, 0.05) is 23.3 Å². The van der Waals surface area contributed by atoms with E-state index in [0.29, 0.717) is 0 Å². The average molecular weight is 297 g/mol. The molecule has 112 valence electrons. The highest BCUT2D eigenvalue weighted by molar-refractivity contribution is 5.95. The summed E-state index contributed by atoms with van der Waals surface area (Å²) in [5.74, 6) is 0.0558. The number of benzene rings is 1. The van der Waals surface area contributed by atoms with Crippen LogP contribution >= 0.6 is 12.4 Å². The highest BCUT2D eigenvalue weighted by atomic mass is 35.5. The van der Waals surface area contributed by atoms with Gasteiger partial charge in [-0.15, -0.1) is 12.4 Å². The number of carbonyl (C=O) groups is 1. The molecule has 2 N–H and O–H groups in total. The Morgan fingerprint density at radius 1 is 1.25 bits per heavy atom. The predicted octanol–water partition coefficient (Wildman–Crippen LogP) is 3.78. The SMILES string of the molecule is CCC(CC)(CC)NC(=O)c1ccc2c(c1)CCN2.Cl. The number of fused-ring (bicyclic) bond motifs is 1. The molecule has 0 spiro atoms. The minimum absolute atomic E-state index is 0. The lowest BCUT2D eigenvalue weighted by molar-refractivity contribution is 0.0888. The van der Waals surface area contributed by atoms with Gasteiger partial charge < -0.3 is 10.6 Å². The molecule has 0 saturated carbocycles. The summed E-state index contributed by atoms with van der Waals surface area (Å²) >= 11 is 0. The van der Waals surface area contributed by atoms with Crippen molar-refractivity contribution in [3.05, 3.63) is 29.3 Å². The first-order chi connectivity index (χ1) is 9.14. The topological polar surface area (TPSA) is 41.1 Å². The molecule has 0 unspecified atom stereocenters. The highest BCUT2D eigenvalue weighted by Gasteiger charge is 2.26. The summed E-state index contributed by atoms with van der Waals surface area (Å²) in [6.07, 6.45) is 3.92. The van der Waals surface area contributed by atoms with Gasteiger partial charge in [-0.05, 0) is 49.4 Å². The molecule has 1 heterocycles. The maximum atomic E-state index is 12.4. The van der Waals surface area contributed by atoms with Gasteiger partial charge in [-0.2, -0.15) is 0 Å². The molecule has 1 amide bonds. The second-order valence-corrected chi connectivity index (χ2v) is 5.34. The monoisotopic (exact) mass is 296 g/mol. The van der Waals surface area contributed by atoms with Crippen LogP contribution in [0.15, 0.2) is 18.2 Å². The van der Waals surface area contributed by atoms with Gasteiger partial charge in [-0.1, -0.05) is 20.8 Å². The summed E-state index contributed by atoms with van der Waals surface area (Å²) in [4.78, 5) is 12.4. The Morgan fingerprint density at radius 3 is 2.50 bits per heavy atom. The molecular formula is C16H25ClN2O. The van der Waals surface area contributed by atoms with Crippen molar-refractivity contribution < 1.29 is 4.79 Å². The number of hydrogen-bond donors (Lipinski definition) is 2. The Morgan fingerprint density at radius 2 is 1.90 bits per heavy atom. The first kappa shape index (κ1) is 16.8. The average Bonchev–Trinajstić information content (AvgIpc) is 2.92. The minimum atomic E-state index is -0.0612. The third kappa shape index (κ3) is 3.26. The minimum Gasteiger partial charge on any atom is -0.384 e. The maximum absolute atomic E-state index is 12.4. The number of anilines is 1. The van der Waals surface area contributed by atoms with Gasteiger partial charge in [-0.3, -0.25) is 4.79 Å². The zero-order valence-corrected chi connectivity index (χ0v) is 13.4. The van der Waals surface area contributed by atoms with Crippen LogP contribution in [0.2, 0.25) is 0 Å². The Balaban J connectivity index is 0.00000200. The Bertz CT molecular complexity index is 461. The lowest BCUT2D eigenvalue weighted by Gasteiger charge is -2.31. The molecule has 20 heavy (non-hydrogen) atoms. The number of hydrogen-bond acceptors (Lipinski definition) is 2. The quantitative estimate of drug-likeness (QED) is 0.868. The fraction of sp³-hybridized carbons (Fsp3) is 0.562. The Kier molecular flexibility index (Phi) is 5.88. The van der Waals surface area contributed by atoms with E-state index in [1.807, 2.05) is 18.2 Å². The molecule has 0 aliphatic carbocycles. The Hall–Kier alpha value is -1.22. The molecule has 1 aliphatic rings. The normalized spacial score (nSPS) is 13.2. The van der Waals surface area contributed by atoms with Crippen molar-refractivity contribution in [1.82, 2.24) is 5.32 Å². The van der Waals surface area contributed by atoms with Gasteiger partial charge in [0.05, 0.1) is 0 Å². The van der Waals surface area contributed by atoms with Crippen LogP contribution in [-0.2, 0) is 6.42 Å². The fourth-order valence-corrected chi connectivity index (χ4v) is 2.77. The number of rotatable bonds is 5. The number of nitrogens with one attached hydrogen (secondary N) is 2.